The summed E-state index contributed by atoms with van der Waals surface area (Å²) in [5, 5.41) is 4.42. The number of hydrogen-bond donors (Lipinski definition) is 1. The Morgan fingerprint density at radius 2 is 2.00 bits per heavy atom. The van der Waals surface area contributed by atoms with Crippen molar-refractivity contribution in [2.75, 3.05) is 6.61 Å². The summed E-state index contributed by atoms with van der Waals surface area (Å²) >= 11 is 0. The third kappa shape index (κ3) is 4.80. The molecule has 1 heterocycles. The monoisotopic (exact) mass is 322 g/mol. The van der Waals surface area contributed by atoms with E-state index in [2.05, 4.69) is 14.9 Å². The highest BCUT2D eigenvalue weighted by Gasteiger charge is 2.11. The van der Waals surface area contributed by atoms with Crippen LogP contribution >= 0.6 is 12.4 Å². The van der Waals surface area contributed by atoms with Gasteiger partial charge in [-0.05, 0) is 25.1 Å². The van der Waals surface area contributed by atoms with Gasteiger partial charge in [0.15, 0.2) is 0 Å². The molecule has 0 spiro atoms. The highest BCUT2D eigenvalue weighted by atomic mass is 35.5. The van der Waals surface area contributed by atoms with Crippen LogP contribution in [0.25, 0.3) is 5.69 Å². The predicted octanol–water partition coefficient (Wildman–Crippen LogP) is 0.789. The minimum absolute atomic E-state index is 0. The summed E-state index contributed by atoms with van der Waals surface area (Å²) in [6.45, 7) is 1.95. The molecule has 0 saturated carbocycles. The van der Waals surface area contributed by atoms with Crippen LogP contribution < -0.4 is 10.8 Å². The Hall–Kier alpha value is -2.51. The Kier molecular flexibility index (Phi) is 6.94. The highest BCUT2D eigenvalue weighted by Crippen LogP contribution is 2.02. The molecule has 0 radical (unpaired) electrons. The first kappa shape index (κ1) is 17.5. The second-order valence-electron chi connectivity index (χ2n) is 3.95. The fourth-order valence-electron chi connectivity index (χ4n) is 1.50. The standard InChI is InChI=1S/C14H14N4O3.ClH/c1-2-21-17-14(20)13(19)16-11-8-9-18(15-10-11)12-6-4-3-5-7-12;/h3-10H,2H2,1H3,(H,17,20);1H/b16-11+;. The molecule has 2 rings (SSSR count). The molecule has 1 aromatic carbocycles. The Bertz CT molecular complexity index is 680. The number of carbonyl (C=O) groups is 2. The van der Waals surface area contributed by atoms with Gasteiger partial charge in [-0.25, -0.2) is 15.2 Å². The van der Waals surface area contributed by atoms with Crippen LogP contribution in [0.15, 0.2) is 53.8 Å². The lowest BCUT2D eigenvalue weighted by atomic mass is 10.3. The van der Waals surface area contributed by atoms with Crippen molar-refractivity contribution >= 4 is 24.2 Å². The summed E-state index contributed by atoms with van der Waals surface area (Å²) in [6.07, 6.45) is 3.06. The fourth-order valence-corrected chi connectivity index (χ4v) is 1.50. The van der Waals surface area contributed by atoms with Crippen LogP contribution in [0.4, 0.5) is 0 Å². The van der Waals surface area contributed by atoms with E-state index in [9.17, 15) is 9.59 Å². The summed E-state index contributed by atoms with van der Waals surface area (Å²) in [5.41, 5.74) is 2.86. The van der Waals surface area contributed by atoms with Crippen LogP contribution in [-0.4, -0.2) is 28.2 Å². The molecule has 0 saturated heterocycles. The number of carbonyl (C=O) groups excluding carboxylic acids is 2. The van der Waals surface area contributed by atoms with Crippen molar-refractivity contribution in [3.05, 3.63) is 54.1 Å². The maximum Gasteiger partial charge on any atom is 0.337 e. The van der Waals surface area contributed by atoms with Gasteiger partial charge in [0.1, 0.15) is 0 Å². The molecule has 2 aromatic rings. The van der Waals surface area contributed by atoms with Crippen LogP contribution in [-0.2, 0) is 14.4 Å². The van der Waals surface area contributed by atoms with E-state index in [0.717, 1.165) is 5.69 Å². The van der Waals surface area contributed by atoms with Crippen molar-refractivity contribution in [1.82, 2.24) is 15.3 Å². The zero-order valence-electron chi connectivity index (χ0n) is 11.8. The normalized spacial score (nSPS) is 10.7. The van der Waals surface area contributed by atoms with E-state index in [1.807, 2.05) is 35.8 Å². The van der Waals surface area contributed by atoms with Crippen LogP contribution in [0.5, 0.6) is 0 Å². The molecule has 0 aliphatic heterocycles. The van der Waals surface area contributed by atoms with Gasteiger partial charge in [-0.3, -0.25) is 14.4 Å². The first-order chi connectivity index (χ1) is 10.2. The number of nitrogens with zero attached hydrogens (tertiary/aromatic N) is 3. The van der Waals surface area contributed by atoms with Gasteiger partial charge in [0.05, 0.1) is 23.8 Å². The molecule has 0 aliphatic carbocycles. The van der Waals surface area contributed by atoms with Gasteiger partial charge in [0.25, 0.3) is 0 Å². The molecule has 1 N–H and O–H groups in total. The quantitative estimate of drug-likeness (QED) is 0.668. The molecule has 7 nitrogen and oxygen atoms in total. The number of para-hydroxylation sites is 1. The molecule has 0 bridgehead atoms. The van der Waals surface area contributed by atoms with Gasteiger partial charge >= 0.3 is 11.8 Å². The number of halogens is 1. The highest BCUT2D eigenvalue weighted by molar-refractivity contribution is 6.35. The largest absolute Gasteiger partial charge is 0.337 e. The Balaban J connectivity index is 0.00000242. The number of benzene rings is 1. The van der Waals surface area contributed by atoms with Gasteiger partial charge < -0.3 is 0 Å². The molecule has 0 unspecified atom stereocenters. The van der Waals surface area contributed by atoms with Crippen molar-refractivity contribution in [2.24, 2.45) is 4.99 Å². The Labute approximate surface area is 133 Å². The van der Waals surface area contributed by atoms with Crippen LogP contribution in [0.1, 0.15) is 6.92 Å². The number of rotatable bonds is 3. The van der Waals surface area contributed by atoms with Crippen molar-refractivity contribution in [1.29, 1.82) is 0 Å². The molecule has 0 aliphatic rings. The summed E-state index contributed by atoms with van der Waals surface area (Å²) in [6, 6.07) is 11.1. The van der Waals surface area contributed by atoms with Gasteiger partial charge in [0.2, 0.25) is 0 Å². The van der Waals surface area contributed by atoms with Crippen LogP contribution in [0.2, 0.25) is 0 Å². The summed E-state index contributed by atoms with van der Waals surface area (Å²) in [4.78, 5) is 31.0. The van der Waals surface area contributed by atoms with E-state index < -0.39 is 11.8 Å². The van der Waals surface area contributed by atoms with E-state index >= 15 is 0 Å². The van der Waals surface area contributed by atoms with Crippen LogP contribution in [0.3, 0.4) is 0 Å². The van der Waals surface area contributed by atoms with Crippen molar-refractivity contribution in [3.8, 4) is 5.69 Å². The lowest BCUT2D eigenvalue weighted by molar-refractivity contribution is -0.145. The van der Waals surface area contributed by atoms with Gasteiger partial charge in [-0.1, -0.05) is 18.2 Å². The number of hydrogen-bond acceptors (Lipinski definition) is 4. The van der Waals surface area contributed by atoms with Gasteiger partial charge in [-0.2, -0.15) is 5.10 Å². The molecule has 1 aromatic heterocycles. The number of hydroxylamine groups is 1. The SMILES string of the molecule is CCONC(=O)C(=O)/N=c1\ccn(-c2ccccc2)nc1.Cl. The number of nitrogens with one attached hydrogen (secondary N) is 1. The minimum atomic E-state index is -0.942. The van der Waals surface area contributed by atoms with E-state index in [-0.39, 0.29) is 19.0 Å². The van der Waals surface area contributed by atoms with Crippen molar-refractivity contribution < 1.29 is 14.4 Å². The zero-order chi connectivity index (χ0) is 15.1. The number of amides is 2. The Morgan fingerprint density at radius 3 is 2.59 bits per heavy atom. The second-order valence-corrected chi connectivity index (χ2v) is 3.95. The Morgan fingerprint density at radius 1 is 1.27 bits per heavy atom. The molecular formula is C14H15ClN4O3. The smallest absolute Gasteiger partial charge is 0.274 e. The second kappa shape index (κ2) is 8.71. The summed E-state index contributed by atoms with van der Waals surface area (Å²) in [7, 11) is 0. The molecule has 0 atom stereocenters. The molecule has 2 amide bonds. The first-order valence-corrected chi connectivity index (χ1v) is 6.32. The van der Waals surface area contributed by atoms with Gasteiger partial charge in [-0.15, -0.1) is 12.4 Å². The molecular weight excluding hydrogens is 308 g/mol. The van der Waals surface area contributed by atoms with Crippen LogP contribution in [0, 0.1) is 0 Å². The molecule has 8 heteroatoms. The molecule has 116 valence electrons. The molecule has 22 heavy (non-hydrogen) atoms. The molecule has 0 fully saturated rings. The average Bonchev–Trinajstić information content (AvgIpc) is 2.54. The lowest BCUT2D eigenvalue weighted by Gasteiger charge is -2.03. The van der Waals surface area contributed by atoms with Crippen molar-refractivity contribution in [3.63, 3.8) is 0 Å². The average molecular weight is 323 g/mol. The third-order valence-corrected chi connectivity index (χ3v) is 2.46. The minimum Gasteiger partial charge on any atom is -0.274 e. The predicted molar refractivity (Wildman–Crippen MR) is 81.2 cm³/mol. The van der Waals surface area contributed by atoms with Gasteiger partial charge in [0, 0.05) is 6.20 Å². The van der Waals surface area contributed by atoms with E-state index in [4.69, 9.17) is 0 Å². The summed E-state index contributed by atoms with van der Waals surface area (Å²) < 4.78 is 1.63. The van der Waals surface area contributed by atoms with E-state index in [0.29, 0.717) is 5.36 Å². The topological polar surface area (TPSA) is 85.6 Å². The maximum atomic E-state index is 11.5. The zero-order valence-corrected chi connectivity index (χ0v) is 12.6. The first-order valence-electron chi connectivity index (χ1n) is 6.32. The van der Waals surface area contributed by atoms with E-state index in [1.165, 1.54) is 6.20 Å². The van der Waals surface area contributed by atoms with E-state index in [1.54, 1.807) is 23.9 Å². The third-order valence-electron chi connectivity index (χ3n) is 2.46. The fraction of sp³-hybridized carbons (Fsp3) is 0.143. The van der Waals surface area contributed by atoms with Crippen molar-refractivity contribution in [2.45, 2.75) is 6.92 Å². The maximum absolute atomic E-state index is 11.5. The lowest BCUT2D eigenvalue weighted by Crippen LogP contribution is -2.31. The number of aromatic nitrogens is 2. The summed E-state index contributed by atoms with van der Waals surface area (Å²) in [5.74, 6) is -1.86.